The molecule has 2 rings (SSSR count). The zero-order chi connectivity index (χ0) is 14.8. The monoisotopic (exact) mass is 287 g/mol. The highest BCUT2D eigenvalue weighted by atomic mass is 19.4. The van der Waals surface area contributed by atoms with Crippen LogP contribution in [-0.4, -0.2) is 31.3 Å². The Labute approximate surface area is 112 Å². The van der Waals surface area contributed by atoms with Crippen molar-refractivity contribution < 1.29 is 13.2 Å². The summed E-state index contributed by atoms with van der Waals surface area (Å²) >= 11 is 0. The van der Waals surface area contributed by atoms with Crippen LogP contribution in [0.15, 0.2) is 12.4 Å². The molecule has 20 heavy (non-hydrogen) atoms. The highest BCUT2D eigenvalue weighted by Gasteiger charge is 2.35. The second-order valence-corrected chi connectivity index (χ2v) is 4.03. The molecule has 3 N–H and O–H groups in total. The van der Waals surface area contributed by atoms with Crippen LogP contribution in [0.5, 0.6) is 0 Å². The molecule has 0 spiro atoms. The number of hydrogen-bond acceptors (Lipinski definition) is 6. The molecule has 0 fully saturated rings. The van der Waals surface area contributed by atoms with E-state index in [0.29, 0.717) is 18.8 Å². The van der Waals surface area contributed by atoms with Crippen molar-refractivity contribution in [3.8, 4) is 0 Å². The molecule has 2 aromatic heterocycles. The maximum Gasteiger partial charge on any atom is 0.451 e. The van der Waals surface area contributed by atoms with Crippen LogP contribution in [-0.2, 0) is 19.6 Å². The van der Waals surface area contributed by atoms with Crippen molar-refractivity contribution >= 4 is 11.6 Å². The maximum atomic E-state index is 12.5. The summed E-state index contributed by atoms with van der Waals surface area (Å²) in [6.45, 7) is 0.348. The smallest absolute Gasteiger partial charge is 0.384 e. The van der Waals surface area contributed by atoms with Crippen LogP contribution >= 0.6 is 0 Å². The lowest BCUT2D eigenvalue weighted by atomic mass is 10.4. The van der Waals surface area contributed by atoms with Crippen molar-refractivity contribution in [2.75, 3.05) is 17.6 Å². The molecule has 0 aliphatic heterocycles. The van der Waals surface area contributed by atoms with Crippen molar-refractivity contribution in [2.24, 2.45) is 7.05 Å². The highest BCUT2D eigenvalue weighted by Crippen LogP contribution is 2.27. The van der Waals surface area contributed by atoms with Gasteiger partial charge in [0.1, 0.15) is 23.8 Å². The molecule has 108 valence electrons. The summed E-state index contributed by atoms with van der Waals surface area (Å²) in [5, 5.41) is 10.3. The molecular formula is C10H12F3N7. The van der Waals surface area contributed by atoms with Crippen molar-refractivity contribution in [3.05, 3.63) is 24.0 Å². The molecule has 0 atom stereocenters. The number of rotatable bonds is 4. The van der Waals surface area contributed by atoms with Gasteiger partial charge in [0.15, 0.2) is 0 Å². The fraction of sp³-hybridized carbons (Fsp3) is 0.400. The van der Waals surface area contributed by atoms with E-state index in [2.05, 4.69) is 25.5 Å². The van der Waals surface area contributed by atoms with Gasteiger partial charge < -0.3 is 15.6 Å². The van der Waals surface area contributed by atoms with Gasteiger partial charge in [-0.1, -0.05) is 0 Å². The highest BCUT2D eigenvalue weighted by molar-refractivity contribution is 5.44. The van der Waals surface area contributed by atoms with Crippen molar-refractivity contribution in [1.29, 1.82) is 0 Å². The Morgan fingerprint density at radius 3 is 2.70 bits per heavy atom. The summed E-state index contributed by atoms with van der Waals surface area (Å²) in [5.74, 6) is -0.783. The lowest BCUT2D eigenvalue weighted by molar-refractivity contribution is -0.144. The normalized spacial score (nSPS) is 11.6. The topological polar surface area (TPSA) is 94.5 Å². The molecular weight excluding hydrogens is 275 g/mol. The average Bonchev–Trinajstić information content (AvgIpc) is 2.73. The first-order chi connectivity index (χ1) is 9.36. The number of hydrogen-bond donors (Lipinski definition) is 2. The van der Waals surface area contributed by atoms with Crippen molar-refractivity contribution in [3.63, 3.8) is 0 Å². The maximum absolute atomic E-state index is 12.5. The molecule has 7 nitrogen and oxygen atoms in total. The zero-order valence-electron chi connectivity index (χ0n) is 10.5. The number of nitrogens with two attached hydrogens (primary N) is 1. The van der Waals surface area contributed by atoms with E-state index < -0.39 is 12.0 Å². The Morgan fingerprint density at radius 2 is 2.10 bits per heavy atom. The summed E-state index contributed by atoms with van der Waals surface area (Å²) in [5.41, 5.74) is 5.33. The first-order valence-electron chi connectivity index (χ1n) is 5.65. The molecule has 0 aliphatic carbocycles. The van der Waals surface area contributed by atoms with E-state index in [9.17, 15) is 13.2 Å². The largest absolute Gasteiger partial charge is 0.451 e. The fourth-order valence-electron chi connectivity index (χ4n) is 1.52. The van der Waals surface area contributed by atoms with Gasteiger partial charge in [-0.3, -0.25) is 0 Å². The number of alkyl halides is 3. The van der Waals surface area contributed by atoms with E-state index in [-0.39, 0.29) is 11.6 Å². The van der Waals surface area contributed by atoms with Crippen LogP contribution in [0.3, 0.4) is 0 Å². The van der Waals surface area contributed by atoms with Crippen LogP contribution < -0.4 is 11.1 Å². The van der Waals surface area contributed by atoms with Gasteiger partial charge in [-0.25, -0.2) is 9.97 Å². The number of halogens is 3. The van der Waals surface area contributed by atoms with Gasteiger partial charge in [-0.05, 0) is 0 Å². The van der Waals surface area contributed by atoms with Crippen LogP contribution in [0.4, 0.5) is 24.8 Å². The number of nitrogen functional groups attached to an aromatic ring is 1. The molecule has 0 amide bonds. The molecule has 0 aromatic carbocycles. The number of aryl methyl sites for hydroxylation is 1. The third-order valence-corrected chi connectivity index (χ3v) is 2.46. The summed E-state index contributed by atoms with van der Waals surface area (Å²) in [4.78, 5) is 6.53. The van der Waals surface area contributed by atoms with E-state index >= 15 is 0 Å². The third kappa shape index (κ3) is 3.33. The Morgan fingerprint density at radius 1 is 1.35 bits per heavy atom. The summed E-state index contributed by atoms with van der Waals surface area (Å²) in [6, 6.07) is 1.24. The molecule has 0 aliphatic rings. The van der Waals surface area contributed by atoms with Gasteiger partial charge in [-0.2, -0.15) is 13.2 Å². The number of anilines is 2. The quantitative estimate of drug-likeness (QED) is 0.866. The lowest BCUT2D eigenvalue weighted by Crippen LogP contribution is -2.16. The SMILES string of the molecule is Cn1cnnc1CCNc1cc(N)nc(C(F)(F)F)n1. The summed E-state index contributed by atoms with van der Waals surface area (Å²) in [7, 11) is 1.78. The second kappa shape index (κ2) is 5.31. The Kier molecular flexibility index (Phi) is 3.72. The van der Waals surface area contributed by atoms with Crippen molar-refractivity contribution in [1.82, 2.24) is 24.7 Å². The van der Waals surface area contributed by atoms with Gasteiger partial charge in [0, 0.05) is 26.1 Å². The number of nitrogens with zero attached hydrogens (tertiary/aromatic N) is 5. The zero-order valence-corrected chi connectivity index (χ0v) is 10.5. The van der Waals surface area contributed by atoms with Gasteiger partial charge in [-0.15, -0.1) is 10.2 Å². The third-order valence-electron chi connectivity index (χ3n) is 2.46. The molecule has 0 radical (unpaired) electrons. The minimum Gasteiger partial charge on any atom is -0.384 e. The van der Waals surface area contributed by atoms with Crippen molar-refractivity contribution in [2.45, 2.75) is 12.6 Å². The van der Waals surface area contributed by atoms with Gasteiger partial charge >= 0.3 is 6.18 Å². The van der Waals surface area contributed by atoms with Gasteiger partial charge in [0.05, 0.1) is 0 Å². The summed E-state index contributed by atoms with van der Waals surface area (Å²) < 4.78 is 39.3. The summed E-state index contributed by atoms with van der Waals surface area (Å²) in [6.07, 6.45) is -2.60. The average molecular weight is 287 g/mol. The van der Waals surface area contributed by atoms with Crippen LogP contribution in [0.2, 0.25) is 0 Å². The molecule has 2 heterocycles. The Bertz CT molecular complexity index is 593. The predicted octanol–water partition coefficient (Wildman–Crippen LogP) is 0.861. The fourth-order valence-corrected chi connectivity index (χ4v) is 1.52. The van der Waals surface area contributed by atoms with E-state index in [1.54, 1.807) is 17.9 Å². The standard InChI is InChI=1S/C10H12F3N7/c1-20-5-16-19-8(20)2-3-15-7-4-6(14)17-9(18-7)10(11,12)13/h4-5H,2-3H2,1H3,(H3,14,15,17,18). The molecule has 0 saturated carbocycles. The minimum absolute atomic E-state index is 0.0204. The Balaban J connectivity index is 2.03. The first kappa shape index (κ1) is 14.0. The predicted molar refractivity (Wildman–Crippen MR) is 64.6 cm³/mol. The molecule has 0 bridgehead atoms. The second-order valence-electron chi connectivity index (χ2n) is 4.03. The Hall–Kier alpha value is -2.39. The first-order valence-corrected chi connectivity index (χ1v) is 5.65. The van der Waals surface area contributed by atoms with E-state index in [1.807, 2.05) is 0 Å². The van der Waals surface area contributed by atoms with Gasteiger partial charge in [0.2, 0.25) is 5.82 Å². The number of aromatic nitrogens is 5. The minimum atomic E-state index is -4.63. The van der Waals surface area contributed by atoms with Crippen LogP contribution in [0.1, 0.15) is 11.6 Å². The molecule has 0 unspecified atom stereocenters. The molecule has 10 heteroatoms. The van der Waals surface area contributed by atoms with Gasteiger partial charge in [0.25, 0.3) is 0 Å². The number of nitrogens with one attached hydrogen (secondary N) is 1. The van der Waals surface area contributed by atoms with E-state index in [4.69, 9.17) is 5.73 Å². The van der Waals surface area contributed by atoms with E-state index in [1.165, 1.54) is 6.07 Å². The van der Waals surface area contributed by atoms with Crippen LogP contribution in [0.25, 0.3) is 0 Å². The molecule has 2 aromatic rings. The van der Waals surface area contributed by atoms with Crippen LogP contribution in [0, 0.1) is 0 Å². The lowest BCUT2D eigenvalue weighted by Gasteiger charge is -2.09. The van der Waals surface area contributed by atoms with E-state index in [0.717, 1.165) is 0 Å². The molecule has 0 saturated heterocycles.